The monoisotopic (exact) mass is 264 g/mol. The van der Waals surface area contributed by atoms with E-state index in [1.165, 1.54) is 24.1 Å². The highest BCUT2D eigenvalue weighted by molar-refractivity contribution is 5.45. The zero-order valence-electron chi connectivity index (χ0n) is 11.7. The molecule has 1 atom stereocenters. The second-order valence-electron chi connectivity index (χ2n) is 4.92. The normalized spacial score (nSPS) is 18.7. The van der Waals surface area contributed by atoms with Gasteiger partial charge in [-0.3, -0.25) is 0 Å². The Morgan fingerprint density at radius 1 is 1.37 bits per heavy atom. The first-order valence-electron chi connectivity index (χ1n) is 7.01. The SMILES string of the molecule is COCCOCc1cccc(NCC2CCCN2)c1. The highest BCUT2D eigenvalue weighted by Crippen LogP contribution is 2.13. The van der Waals surface area contributed by atoms with Gasteiger partial charge in [0.05, 0.1) is 19.8 Å². The summed E-state index contributed by atoms with van der Waals surface area (Å²) in [4.78, 5) is 0. The van der Waals surface area contributed by atoms with E-state index in [-0.39, 0.29) is 0 Å². The molecule has 4 nitrogen and oxygen atoms in total. The molecule has 2 N–H and O–H groups in total. The Balaban J connectivity index is 1.74. The van der Waals surface area contributed by atoms with E-state index < -0.39 is 0 Å². The molecule has 1 fully saturated rings. The lowest BCUT2D eigenvalue weighted by Crippen LogP contribution is -2.29. The number of methoxy groups -OCH3 is 1. The zero-order valence-corrected chi connectivity index (χ0v) is 11.7. The van der Waals surface area contributed by atoms with Crippen LogP contribution in [0.2, 0.25) is 0 Å². The quantitative estimate of drug-likeness (QED) is 0.705. The molecular weight excluding hydrogens is 240 g/mol. The number of rotatable bonds is 8. The van der Waals surface area contributed by atoms with Crippen molar-refractivity contribution >= 4 is 5.69 Å². The second kappa shape index (κ2) is 8.15. The third-order valence-electron chi connectivity index (χ3n) is 3.34. The Bertz CT molecular complexity index is 365. The molecule has 1 heterocycles. The molecule has 0 bridgehead atoms. The lowest BCUT2D eigenvalue weighted by molar-refractivity contribution is 0.0617. The van der Waals surface area contributed by atoms with Gasteiger partial charge in [-0.1, -0.05) is 12.1 Å². The van der Waals surface area contributed by atoms with Crippen LogP contribution in [-0.2, 0) is 16.1 Å². The summed E-state index contributed by atoms with van der Waals surface area (Å²) in [6.07, 6.45) is 2.56. The van der Waals surface area contributed by atoms with Crippen molar-refractivity contribution in [1.29, 1.82) is 0 Å². The Morgan fingerprint density at radius 2 is 2.32 bits per heavy atom. The lowest BCUT2D eigenvalue weighted by atomic mass is 10.2. The minimum Gasteiger partial charge on any atom is -0.383 e. The van der Waals surface area contributed by atoms with Gasteiger partial charge in [0.15, 0.2) is 0 Å². The van der Waals surface area contributed by atoms with Crippen LogP contribution in [0.25, 0.3) is 0 Å². The molecule has 4 heteroatoms. The van der Waals surface area contributed by atoms with E-state index in [0.717, 1.165) is 13.1 Å². The van der Waals surface area contributed by atoms with Crippen molar-refractivity contribution in [2.45, 2.75) is 25.5 Å². The number of nitrogens with one attached hydrogen (secondary N) is 2. The van der Waals surface area contributed by atoms with Crippen LogP contribution in [0.1, 0.15) is 18.4 Å². The summed E-state index contributed by atoms with van der Waals surface area (Å²) < 4.78 is 10.5. The predicted molar refractivity (Wildman–Crippen MR) is 77.5 cm³/mol. The predicted octanol–water partition coefficient (Wildman–Crippen LogP) is 2.01. The maximum atomic E-state index is 5.53. The molecule has 0 spiro atoms. The van der Waals surface area contributed by atoms with Gasteiger partial charge in [0, 0.05) is 25.4 Å². The zero-order chi connectivity index (χ0) is 13.3. The number of ether oxygens (including phenoxy) is 2. The van der Waals surface area contributed by atoms with Crippen LogP contribution in [0.15, 0.2) is 24.3 Å². The number of benzene rings is 1. The number of anilines is 1. The van der Waals surface area contributed by atoms with Gasteiger partial charge in [0.1, 0.15) is 0 Å². The highest BCUT2D eigenvalue weighted by Gasteiger charge is 2.12. The van der Waals surface area contributed by atoms with Crippen molar-refractivity contribution in [2.24, 2.45) is 0 Å². The van der Waals surface area contributed by atoms with Crippen LogP contribution in [0.5, 0.6) is 0 Å². The summed E-state index contributed by atoms with van der Waals surface area (Å²) in [6, 6.07) is 9.03. The van der Waals surface area contributed by atoms with E-state index in [1.807, 2.05) is 0 Å². The Hall–Kier alpha value is -1.10. The average Bonchev–Trinajstić information content (AvgIpc) is 2.95. The van der Waals surface area contributed by atoms with E-state index in [1.54, 1.807) is 7.11 Å². The van der Waals surface area contributed by atoms with Crippen LogP contribution >= 0.6 is 0 Å². The second-order valence-corrected chi connectivity index (χ2v) is 4.92. The number of hydrogen-bond acceptors (Lipinski definition) is 4. The molecule has 19 heavy (non-hydrogen) atoms. The van der Waals surface area contributed by atoms with Crippen LogP contribution < -0.4 is 10.6 Å². The lowest BCUT2D eigenvalue weighted by Gasteiger charge is -2.13. The van der Waals surface area contributed by atoms with Crippen molar-refractivity contribution in [3.05, 3.63) is 29.8 Å². The first kappa shape index (κ1) is 14.3. The molecule has 1 aromatic carbocycles. The fourth-order valence-corrected chi connectivity index (χ4v) is 2.28. The average molecular weight is 264 g/mol. The molecule has 1 aromatic rings. The molecule has 1 aliphatic heterocycles. The van der Waals surface area contributed by atoms with E-state index in [2.05, 4.69) is 34.9 Å². The molecule has 0 saturated carbocycles. The van der Waals surface area contributed by atoms with Gasteiger partial charge in [-0.05, 0) is 37.1 Å². The smallest absolute Gasteiger partial charge is 0.0718 e. The van der Waals surface area contributed by atoms with E-state index in [9.17, 15) is 0 Å². The van der Waals surface area contributed by atoms with Crippen molar-refractivity contribution in [3.63, 3.8) is 0 Å². The molecule has 1 saturated heterocycles. The van der Waals surface area contributed by atoms with Crippen LogP contribution in [0.3, 0.4) is 0 Å². The van der Waals surface area contributed by atoms with Gasteiger partial charge in [0.2, 0.25) is 0 Å². The molecule has 0 aromatic heterocycles. The van der Waals surface area contributed by atoms with E-state index >= 15 is 0 Å². The molecule has 0 radical (unpaired) electrons. The van der Waals surface area contributed by atoms with E-state index in [4.69, 9.17) is 9.47 Å². The largest absolute Gasteiger partial charge is 0.383 e. The summed E-state index contributed by atoms with van der Waals surface area (Å²) in [5.74, 6) is 0. The summed E-state index contributed by atoms with van der Waals surface area (Å²) in [5.41, 5.74) is 2.36. The Labute approximate surface area is 115 Å². The molecule has 2 rings (SSSR count). The third-order valence-corrected chi connectivity index (χ3v) is 3.34. The summed E-state index contributed by atoms with van der Waals surface area (Å²) in [5, 5.41) is 6.97. The molecule has 1 aliphatic rings. The van der Waals surface area contributed by atoms with Crippen LogP contribution in [-0.4, -0.2) is 39.5 Å². The first-order valence-corrected chi connectivity index (χ1v) is 7.01. The standard InChI is InChI=1S/C15H24N2O2/c1-18-8-9-19-12-13-4-2-5-14(10-13)17-11-15-6-3-7-16-15/h2,4-5,10,15-17H,3,6-9,11-12H2,1H3. The van der Waals surface area contributed by atoms with Gasteiger partial charge in [-0.2, -0.15) is 0 Å². The Morgan fingerprint density at radius 3 is 3.11 bits per heavy atom. The molecule has 106 valence electrons. The summed E-state index contributed by atoms with van der Waals surface area (Å²) in [7, 11) is 1.69. The first-order chi connectivity index (χ1) is 9.38. The van der Waals surface area contributed by atoms with Crippen molar-refractivity contribution < 1.29 is 9.47 Å². The van der Waals surface area contributed by atoms with Crippen molar-refractivity contribution in [3.8, 4) is 0 Å². The van der Waals surface area contributed by atoms with Gasteiger partial charge >= 0.3 is 0 Å². The van der Waals surface area contributed by atoms with Crippen LogP contribution in [0.4, 0.5) is 5.69 Å². The van der Waals surface area contributed by atoms with Crippen molar-refractivity contribution in [2.75, 3.05) is 38.7 Å². The van der Waals surface area contributed by atoms with Crippen LogP contribution in [0, 0.1) is 0 Å². The van der Waals surface area contributed by atoms with Gasteiger partial charge in [0.25, 0.3) is 0 Å². The maximum Gasteiger partial charge on any atom is 0.0718 e. The van der Waals surface area contributed by atoms with E-state index in [0.29, 0.717) is 25.9 Å². The summed E-state index contributed by atoms with van der Waals surface area (Å²) >= 11 is 0. The highest BCUT2D eigenvalue weighted by atomic mass is 16.5. The topological polar surface area (TPSA) is 42.5 Å². The summed E-state index contributed by atoms with van der Waals surface area (Å²) in [6.45, 7) is 4.07. The Kier molecular flexibility index (Phi) is 6.14. The molecule has 0 aliphatic carbocycles. The molecular formula is C15H24N2O2. The van der Waals surface area contributed by atoms with Gasteiger partial charge < -0.3 is 20.1 Å². The fraction of sp³-hybridized carbons (Fsp3) is 0.600. The molecule has 1 unspecified atom stereocenters. The maximum absolute atomic E-state index is 5.53. The fourth-order valence-electron chi connectivity index (χ4n) is 2.28. The number of hydrogen-bond donors (Lipinski definition) is 2. The minimum atomic E-state index is 0.613. The molecule has 0 amide bonds. The third kappa shape index (κ3) is 5.19. The van der Waals surface area contributed by atoms with Gasteiger partial charge in [-0.25, -0.2) is 0 Å². The minimum absolute atomic E-state index is 0.613. The van der Waals surface area contributed by atoms with Gasteiger partial charge in [-0.15, -0.1) is 0 Å². The van der Waals surface area contributed by atoms with Crippen molar-refractivity contribution in [1.82, 2.24) is 5.32 Å².